The van der Waals surface area contributed by atoms with E-state index in [1.807, 2.05) is 60.0 Å². The SMILES string of the molecule is C=Cc1sc(/C=C/Nc2ccc3c(c2)sc2cc(-n4c5ccccc5c5ccccc54)ccc23)c(C(=Nc2ccccc2)c2ccccc2)c1/C=C\C. The number of rotatable bonds is 9. The minimum absolute atomic E-state index is 0.913. The van der Waals surface area contributed by atoms with Crippen LogP contribution in [0.1, 0.15) is 33.4 Å². The third kappa shape index (κ3) is 6.00. The number of aromatic nitrogens is 1. The second kappa shape index (κ2) is 14.0. The first-order valence-electron chi connectivity index (χ1n) is 17.7. The van der Waals surface area contributed by atoms with Crippen molar-refractivity contribution in [3.8, 4) is 5.69 Å². The summed E-state index contributed by atoms with van der Waals surface area (Å²) in [5.41, 5.74) is 9.79. The highest BCUT2D eigenvalue weighted by Crippen LogP contribution is 2.39. The minimum atomic E-state index is 0.913. The highest BCUT2D eigenvalue weighted by atomic mass is 32.1. The van der Waals surface area contributed by atoms with Gasteiger partial charge in [-0.3, -0.25) is 0 Å². The number of benzene rings is 6. The van der Waals surface area contributed by atoms with Crippen LogP contribution in [0.5, 0.6) is 0 Å². The summed E-state index contributed by atoms with van der Waals surface area (Å²) in [5, 5.41) is 8.68. The van der Waals surface area contributed by atoms with E-state index in [2.05, 4.69) is 151 Å². The second-order valence-corrected chi connectivity index (χ2v) is 15.0. The van der Waals surface area contributed by atoms with E-state index >= 15 is 0 Å². The molecule has 0 aliphatic carbocycles. The summed E-state index contributed by atoms with van der Waals surface area (Å²) in [7, 11) is 0. The van der Waals surface area contributed by atoms with Gasteiger partial charge in [-0.15, -0.1) is 22.7 Å². The molecule has 0 fully saturated rings. The van der Waals surface area contributed by atoms with E-state index in [1.54, 1.807) is 11.3 Å². The number of hydrogen-bond donors (Lipinski definition) is 1. The van der Waals surface area contributed by atoms with E-state index < -0.39 is 0 Å². The number of anilines is 1. The van der Waals surface area contributed by atoms with Crippen molar-refractivity contribution < 1.29 is 0 Å². The molecule has 254 valence electrons. The molecule has 0 amide bonds. The Kier molecular flexibility index (Phi) is 8.64. The molecule has 0 atom stereocenters. The van der Waals surface area contributed by atoms with Crippen LogP contribution in [-0.2, 0) is 0 Å². The fourth-order valence-corrected chi connectivity index (χ4v) is 9.45. The molecule has 0 aliphatic rings. The van der Waals surface area contributed by atoms with Crippen molar-refractivity contribution in [3.05, 3.63) is 191 Å². The summed E-state index contributed by atoms with van der Waals surface area (Å²) < 4.78 is 4.91. The smallest absolute Gasteiger partial charge is 0.0802 e. The molecule has 3 nitrogen and oxygen atoms in total. The summed E-state index contributed by atoms with van der Waals surface area (Å²) >= 11 is 3.56. The van der Waals surface area contributed by atoms with Crippen LogP contribution in [0, 0.1) is 0 Å². The molecular formula is C48H35N3S2. The Balaban J connectivity index is 1.08. The first-order valence-corrected chi connectivity index (χ1v) is 19.3. The Bertz CT molecular complexity index is 2830. The molecule has 53 heavy (non-hydrogen) atoms. The molecule has 9 aromatic rings. The largest absolute Gasteiger partial charge is 0.362 e. The van der Waals surface area contributed by atoms with Gasteiger partial charge < -0.3 is 9.88 Å². The third-order valence-electron chi connectivity index (χ3n) is 9.58. The monoisotopic (exact) mass is 717 g/mol. The molecule has 0 unspecified atom stereocenters. The molecule has 6 aromatic carbocycles. The normalized spacial score (nSPS) is 12.3. The van der Waals surface area contributed by atoms with Gasteiger partial charge >= 0.3 is 0 Å². The number of hydrogen-bond acceptors (Lipinski definition) is 4. The van der Waals surface area contributed by atoms with Crippen molar-refractivity contribution in [2.45, 2.75) is 6.92 Å². The number of aliphatic imine (C=N–C) groups is 1. The number of nitrogens with one attached hydrogen (secondary N) is 1. The van der Waals surface area contributed by atoms with E-state index in [9.17, 15) is 0 Å². The molecule has 0 radical (unpaired) electrons. The zero-order chi connectivity index (χ0) is 35.7. The van der Waals surface area contributed by atoms with Crippen LogP contribution < -0.4 is 5.32 Å². The molecule has 9 rings (SSSR count). The summed E-state index contributed by atoms with van der Waals surface area (Å²) in [6.45, 7) is 6.22. The van der Waals surface area contributed by atoms with Crippen molar-refractivity contribution in [2.24, 2.45) is 4.99 Å². The third-order valence-corrected chi connectivity index (χ3v) is 11.9. The standard InChI is InChI=1S/C48H35N3S2/c1-3-15-40-43(4-2)52-44(47(40)48(32-16-7-5-8-17-32)50-33-18-9-6-10-19-33)28-29-49-34-24-26-38-39-27-25-35(31-46(39)53-45(38)30-34)51-41-22-13-11-20-36(41)37-21-12-14-23-42(37)51/h3-31,49H,2H2,1H3/b15-3-,29-28+,50-48?. The first kappa shape index (κ1) is 32.6. The van der Waals surface area contributed by atoms with Crippen LogP contribution in [0.3, 0.4) is 0 Å². The predicted octanol–water partition coefficient (Wildman–Crippen LogP) is 14.1. The Morgan fingerprint density at radius 3 is 1.98 bits per heavy atom. The summed E-state index contributed by atoms with van der Waals surface area (Å²) in [6.07, 6.45) is 10.4. The highest BCUT2D eigenvalue weighted by molar-refractivity contribution is 7.25. The van der Waals surface area contributed by atoms with Gasteiger partial charge in [-0.2, -0.15) is 0 Å². The van der Waals surface area contributed by atoms with Crippen molar-refractivity contribution in [3.63, 3.8) is 0 Å². The lowest BCUT2D eigenvalue weighted by molar-refractivity contribution is 1.19. The van der Waals surface area contributed by atoms with Crippen LogP contribution >= 0.6 is 22.7 Å². The summed E-state index contributed by atoms with van der Waals surface area (Å²) in [6, 6.07) is 51.5. The van der Waals surface area contributed by atoms with Gasteiger partial charge in [-0.05, 0) is 61.5 Å². The van der Waals surface area contributed by atoms with Crippen molar-refractivity contribution in [1.29, 1.82) is 0 Å². The van der Waals surface area contributed by atoms with Gasteiger partial charge in [0.2, 0.25) is 0 Å². The second-order valence-electron chi connectivity index (χ2n) is 12.8. The van der Waals surface area contributed by atoms with Crippen LogP contribution in [0.25, 0.3) is 65.9 Å². The number of allylic oxidation sites excluding steroid dienone is 1. The highest BCUT2D eigenvalue weighted by Gasteiger charge is 2.20. The molecule has 0 saturated carbocycles. The van der Waals surface area contributed by atoms with Crippen molar-refractivity contribution in [1.82, 2.24) is 4.57 Å². The van der Waals surface area contributed by atoms with Gasteiger partial charge in [0.25, 0.3) is 0 Å². The number of fused-ring (bicyclic) bond motifs is 6. The molecule has 1 N–H and O–H groups in total. The van der Waals surface area contributed by atoms with Crippen molar-refractivity contribution >= 4 is 100.0 Å². The average molecular weight is 718 g/mol. The van der Waals surface area contributed by atoms with Crippen LogP contribution in [-0.4, -0.2) is 10.3 Å². The molecule has 5 heteroatoms. The maximum absolute atomic E-state index is 5.22. The number of para-hydroxylation sites is 3. The molecule has 0 aliphatic heterocycles. The molecule has 3 aromatic heterocycles. The molecule has 0 saturated heterocycles. The topological polar surface area (TPSA) is 29.3 Å². The zero-order valence-electron chi connectivity index (χ0n) is 29.2. The van der Waals surface area contributed by atoms with Gasteiger partial charge in [-0.1, -0.05) is 122 Å². The lowest BCUT2D eigenvalue weighted by Crippen LogP contribution is -2.05. The lowest BCUT2D eigenvalue weighted by Gasteiger charge is -2.10. The Labute approximate surface area is 316 Å². The molecule has 3 heterocycles. The van der Waals surface area contributed by atoms with Gasteiger partial charge in [0.15, 0.2) is 0 Å². The van der Waals surface area contributed by atoms with E-state index in [-0.39, 0.29) is 0 Å². The van der Waals surface area contributed by atoms with Gasteiger partial charge in [0, 0.05) is 75.0 Å². The Hall–Kier alpha value is -6.27. The fraction of sp³-hybridized carbons (Fsp3) is 0.0208. The summed E-state index contributed by atoms with van der Waals surface area (Å²) in [5.74, 6) is 0. The predicted molar refractivity (Wildman–Crippen MR) is 234 cm³/mol. The van der Waals surface area contributed by atoms with Crippen LogP contribution in [0.2, 0.25) is 0 Å². The quantitative estimate of drug-likeness (QED) is 0.148. The molecule has 0 spiro atoms. The van der Waals surface area contributed by atoms with Gasteiger partial charge in [0.05, 0.1) is 22.4 Å². The van der Waals surface area contributed by atoms with Crippen LogP contribution in [0.15, 0.2) is 169 Å². The van der Waals surface area contributed by atoms with E-state index in [1.165, 1.54) is 47.7 Å². The minimum Gasteiger partial charge on any atom is -0.362 e. The number of nitrogens with zero attached hydrogens (tertiary/aromatic N) is 2. The fourth-order valence-electron chi connectivity index (χ4n) is 7.23. The lowest BCUT2D eigenvalue weighted by atomic mass is 9.96. The van der Waals surface area contributed by atoms with E-state index in [0.717, 1.165) is 43.5 Å². The van der Waals surface area contributed by atoms with E-state index in [4.69, 9.17) is 4.99 Å². The maximum atomic E-state index is 5.22. The maximum Gasteiger partial charge on any atom is 0.0802 e. The Morgan fingerprint density at radius 1 is 0.642 bits per heavy atom. The molecule has 0 bridgehead atoms. The zero-order valence-corrected chi connectivity index (χ0v) is 30.8. The van der Waals surface area contributed by atoms with Crippen LogP contribution in [0.4, 0.5) is 11.4 Å². The van der Waals surface area contributed by atoms with E-state index in [0.29, 0.717) is 0 Å². The number of thiophene rings is 2. The van der Waals surface area contributed by atoms with Gasteiger partial charge in [0.1, 0.15) is 0 Å². The van der Waals surface area contributed by atoms with Gasteiger partial charge in [-0.25, -0.2) is 4.99 Å². The van der Waals surface area contributed by atoms with Crippen molar-refractivity contribution in [2.75, 3.05) is 5.32 Å². The summed E-state index contributed by atoms with van der Waals surface area (Å²) in [4.78, 5) is 7.45. The molecular weight excluding hydrogens is 683 g/mol. The Morgan fingerprint density at radius 2 is 1.28 bits per heavy atom. The first-order chi connectivity index (χ1) is 26.2. The average Bonchev–Trinajstić information content (AvgIpc) is 3.86.